The van der Waals surface area contributed by atoms with Gasteiger partial charge < -0.3 is 0 Å². The van der Waals surface area contributed by atoms with Gasteiger partial charge in [0.2, 0.25) is 0 Å². The van der Waals surface area contributed by atoms with Gasteiger partial charge in [0.05, 0.1) is 5.52 Å². The lowest BCUT2D eigenvalue weighted by Gasteiger charge is -1.99. The number of hydrogen-bond acceptors (Lipinski definition) is 1. The predicted molar refractivity (Wildman–Crippen MR) is 56.3 cm³/mol. The summed E-state index contributed by atoms with van der Waals surface area (Å²) in [6.07, 6.45) is 0. The Morgan fingerprint density at radius 1 is 1.15 bits per heavy atom. The fourth-order valence-electron chi connectivity index (χ4n) is 1.23. The van der Waals surface area contributed by atoms with Crippen LogP contribution in [-0.4, -0.2) is 4.98 Å². The van der Waals surface area contributed by atoms with Crippen LogP contribution in [0.3, 0.4) is 0 Å². The van der Waals surface area contributed by atoms with Gasteiger partial charge >= 0.3 is 0 Å². The molecule has 3 heteroatoms. The van der Waals surface area contributed by atoms with Gasteiger partial charge in [-0.1, -0.05) is 17.7 Å². The molecule has 0 saturated carbocycles. The van der Waals surface area contributed by atoms with Crippen LogP contribution in [-0.2, 0) is 5.88 Å². The fraction of sp³-hybridized carbons (Fsp3) is 0.100. The maximum Gasteiger partial charge on any atom is 0.129 e. The second-order valence-electron chi connectivity index (χ2n) is 2.79. The topological polar surface area (TPSA) is 12.9 Å². The van der Waals surface area contributed by atoms with Gasteiger partial charge in [-0.3, -0.25) is 0 Å². The second kappa shape index (κ2) is 3.52. The van der Waals surface area contributed by atoms with E-state index in [0.717, 1.165) is 16.5 Å². The van der Waals surface area contributed by atoms with Crippen LogP contribution in [0.2, 0.25) is 5.15 Å². The van der Waals surface area contributed by atoms with Crippen molar-refractivity contribution in [3.8, 4) is 0 Å². The lowest BCUT2D eigenvalue weighted by molar-refractivity contribution is 1.37. The van der Waals surface area contributed by atoms with Gasteiger partial charge in [0.25, 0.3) is 0 Å². The quantitative estimate of drug-likeness (QED) is 0.519. The predicted octanol–water partition coefficient (Wildman–Crippen LogP) is 3.63. The van der Waals surface area contributed by atoms with Gasteiger partial charge in [0, 0.05) is 11.3 Å². The van der Waals surface area contributed by atoms with Crippen LogP contribution in [0, 0.1) is 0 Å². The zero-order chi connectivity index (χ0) is 9.26. The average Bonchev–Trinajstić information content (AvgIpc) is 2.17. The van der Waals surface area contributed by atoms with E-state index in [0.29, 0.717) is 11.0 Å². The largest absolute Gasteiger partial charge is 0.236 e. The van der Waals surface area contributed by atoms with Crippen LogP contribution in [0.5, 0.6) is 0 Å². The van der Waals surface area contributed by atoms with Gasteiger partial charge in [-0.25, -0.2) is 4.98 Å². The molecule has 0 amide bonds. The van der Waals surface area contributed by atoms with Gasteiger partial charge in [0.1, 0.15) is 5.15 Å². The third-order valence-corrected chi connectivity index (χ3v) is 2.39. The van der Waals surface area contributed by atoms with Gasteiger partial charge in [-0.15, -0.1) is 11.6 Å². The maximum atomic E-state index is 5.76. The van der Waals surface area contributed by atoms with Crippen LogP contribution in [0.4, 0.5) is 0 Å². The van der Waals surface area contributed by atoms with E-state index in [9.17, 15) is 0 Å². The highest BCUT2D eigenvalue weighted by Gasteiger charge is 1.97. The molecule has 1 aromatic carbocycles. The van der Waals surface area contributed by atoms with Crippen LogP contribution in [0.15, 0.2) is 30.3 Å². The number of rotatable bonds is 1. The van der Waals surface area contributed by atoms with E-state index in [1.165, 1.54) is 0 Å². The number of aromatic nitrogens is 1. The fourth-order valence-corrected chi connectivity index (χ4v) is 1.55. The molecule has 0 atom stereocenters. The highest BCUT2D eigenvalue weighted by atomic mass is 35.5. The minimum absolute atomic E-state index is 0.520. The number of pyridine rings is 1. The van der Waals surface area contributed by atoms with Crippen molar-refractivity contribution < 1.29 is 0 Å². The van der Waals surface area contributed by atoms with E-state index in [-0.39, 0.29) is 0 Å². The van der Waals surface area contributed by atoms with Gasteiger partial charge in [-0.05, 0) is 29.8 Å². The standard InChI is InChI=1S/C10H7Cl2N/c11-6-7-1-3-9-8(5-7)2-4-10(12)13-9/h1-5H,6H2. The molecule has 13 heavy (non-hydrogen) atoms. The smallest absolute Gasteiger partial charge is 0.129 e. The summed E-state index contributed by atoms with van der Waals surface area (Å²) in [6.45, 7) is 0. The Morgan fingerprint density at radius 2 is 2.00 bits per heavy atom. The summed E-state index contributed by atoms with van der Waals surface area (Å²) in [7, 11) is 0. The molecule has 0 aliphatic heterocycles. The SMILES string of the molecule is ClCc1ccc2nc(Cl)ccc2c1. The van der Waals surface area contributed by atoms with Gasteiger partial charge in [0.15, 0.2) is 0 Å². The number of fused-ring (bicyclic) bond motifs is 1. The maximum absolute atomic E-state index is 5.76. The molecule has 2 rings (SSSR count). The Morgan fingerprint density at radius 3 is 2.77 bits per heavy atom. The molecule has 0 aliphatic carbocycles. The Balaban J connectivity index is 2.66. The highest BCUT2D eigenvalue weighted by Crippen LogP contribution is 2.17. The van der Waals surface area contributed by atoms with Crippen molar-refractivity contribution in [1.29, 1.82) is 0 Å². The minimum Gasteiger partial charge on any atom is -0.236 e. The van der Waals surface area contributed by atoms with Crippen molar-refractivity contribution in [1.82, 2.24) is 4.98 Å². The van der Waals surface area contributed by atoms with Crippen molar-refractivity contribution in [2.45, 2.75) is 5.88 Å². The van der Waals surface area contributed by atoms with E-state index in [1.54, 1.807) is 6.07 Å². The summed E-state index contributed by atoms with van der Waals surface area (Å²) < 4.78 is 0. The Hall–Kier alpha value is -0.790. The molecule has 0 bridgehead atoms. The monoisotopic (exact) mass is 211 g/mol. The first-order valence-electron chi connectivity index (χ1n) is 3.91. The van der Waals surface area contributed by atoms with E-state index < -0.39 is 0 Å². The number of halogens is 2. The summed E-state index contributed by atoms with van der Waals surface area (Å²) in [5.41, 5.74) is 2.00. The molecule has 0 unspecified atom stereocenters. The molecule has 2 aromatic rings. The lowest BCUT2D eigenvalue weighted by atomic mass is 10.1. The molecule has 0 radical (unpaired) electrons. The van der Waals surface area contributed by atoms with E-state index >= 15 is 0 Å². The van der Waals surface area contributed by atoms with E-state index in [1.807, 2.05) is 24.3 Å². The average molecular weight is 212 g/mol. The van der Waals surface area contributed by atoms with Crippen molar-refractivity contribution in [3.63, 3.8) is 0 Å². The van der Waals surface area contributed by atoms with Crippen LogP contribution >= 0.6 is 23.2 Å². The molecule has 66 valence electrons. The minimum atomic E-state index is 0.520. The normalized spacial score (nSPS) is 10.6. The van der Waals surface area contributed by atoms with E-state index in [2.05, 4.69) is 4.98 Å². The first-order valence-corrected chi connectivity index (χ1v) is 4.82. The van der Waals surface area contributed by atoms with Crippen molar-refractivity contribution >= 4 is 34.1 Å². The molecule has 0 saturated heterocycles. The third-order valence-electron chi connectivity index (χ3n) is 1.87. The summed E-state index contributed by atoms with van der Waals surface area (Å²) in [5, 5.41) is 1.59. The number of hydrogen-bond donors (Lipinski definition) is 0. The first kappa shape index (κ1) is 8.79. The van der Waals surface area contributed by atoms with Crippen molar-refractivity contribution in [2.24, 2.45) is 0 Å². The Labute approximate surface area is 86.3 Å². The molecule has 0 N–H and O–H groups in total. The molecule has 1 aromatic heterocycles. The zero-order valence-corrected chi connectivity index (χ0v) is 8.31. The summed E-state index contributed by atoms with van der Waals surface area (Å²) >= 11 is 11.5. The second-order valence-corrected chi connectivity index (χ2v) is 3.45. The van der Waals surface area contributed by atoms with Crippen molar-refractivity contribution in [2.75, 3.05) is 0 Å². The summed E-state index contributed by atoms with van der Waals surface area (Å²) in [4.78, 5) is 4.17. The Kier molecular flexibility index (Phi) is 2.38. The van der Waals surface area contributed by atoms with Crippen LogP contribution in [0.25, 0.3) is 10.9 Å². The molecule has 1 nitrogen and oxygen atoms in total. The molecular formula is C10H7Cl2N. The number of nitrogens with zero attached hydrogens (tertiary/aromatic N) is 1. The van der Waals surface area contributed by atoms with E-state index in [4.69, 9.17) is 23.2 Å². The third kappa shape index (κ3) is 1.77. The molecule has 0 fully saturated rings. The van der Waals surface area contributed by atoms with Crippen LogP contribution < -0.4 is 0 Å². The van der Waals surface area contributed by atoms with Gasteiger partial charge in [-0.2, -0.15) is 0 Å². The molecule has 0 aliphatic rings. The lowest BCUT2D eigenvalue weighted by Crippen LogP contribution is -1.82. The highest BCUT2D eigenvalue weighted by molar-refractivity contribution is 6.29. The molecular weight excluding hydrogens is 205 g/mol. The molecule has 1 heterocycles. The van der Waals surface area contributed by atoms with Crippen molar-refractivity contribution in [3.05, 3.63) is 41.0 Å². The summed E-state index contributed by atoms with van der Waals surface area (Å²) in [6, 6.07) is 9.63. The van der Waals surface area contributed by atoms with Crippen LogP contribution in [0.1, 0.15) is 5.56 Å². The number of benzene rings is 1. The Bertz CT molecular complexity index is 440. The summed E-state index contributed by atoms with van der Waals surface area (Å²) in [5.74, 6) is 0.526. The number of alkyl halides is 1. The zero-order valence-electron chi connectivity index (χ0n) is 6.80. The molecule has 0 spiro atoms. The first-order chi connectivity index (χ1) is 6.29.